The van der Waals surface area contributed by atoms with Gasteiger partial charge in [0, 0.05) is 17.3 Å². The van der Waals surface area contributed by atoms with Gasteiger partial charge in [-0.2, -0.15) is 0 Å². The second-order valence-electron chi connectivity index (χ2n) is 7.52. The van der Waals surface area contributed by atoms with Crippen molar-refractivity contribution in [1.82, 2.24) is 14.8 Å². The van der Waals surface area contributed by atoms with Crippen molar-refractivity contribution in [2.45, 2.75) is 23.9 Å². The van der Waals surface area contributed by atoms with Crippen molar-refractivity contribution in [3.8, 4) is 28.6 Å². The largest absolute Gasteiger partial charge is 0.497 e. The van der Waals surface area contributed by atoms with E-state index in [-0.39, 0.29) is 12.7 Å². The molecule has 0 radical (unpaired) electrons. The summed E-state index contributed by atoms with van der Waals surface area (Å²) in [5.74, 6) is 3.23. The van der Waals surface area contributed by atoms with Crippen LogP contribution in [0.5, 0.6) is 17.2 Å². The number of nitrogens with zero attached hydrogens (tertiary/aromatic N) is 3. The Kier molecular flexibility index (Phi) is 6.13. The molecule has 0 spiro atoms. The Balaban J connectivity index is 1.37. The monoisotopic (exact) mass is 478 g/mol. The number of amides is 1. The number of methoxy groups -OCH3 is 1. The van der Waals surface area contributed by atoms with Gasteiger partial charge in [-0.25, -0.2) is 0 Å². The Morgan fingerprint density at radius 2 is 2.03 bits per heavy atom. The average Bonchev–Trinajstić information content (AvgIpc) is 3.61. The maximum absolute atomic E-state index is 12.9. The minimum absolute atomic E-state index is 0.167. The summed E-state index contributed by atoms with van der Waals surface area (Å²) in [7, 11) is 1.62. The molecule has 4 aromatic rings. The lowest BCUT2D eigenvalue weighted by Gasteiger charge is -2.14. The van der Waals surface area contributed by atoms with Gasteiger partial charge in [-0.3, -0.25) is 9.36 Å². The molecular weight excluding hydrogens is 456 g/mol. The van der Waals surface area contributed by atoms with E-state index in [2.05, 4.69) is 15.5 Å². The molecule has 5 rings (SSSR count). The van der Waals surface area contributed by atoms with E-state index in [1.54, 1.807) is 31.6 Å². The van der Waals surface area contributed by atoms with Crippen LogP contribution < -0.4 is 19.5 Å². The molecule has 9 nitrogen and oxygen atoms in total. The molecule has 0 saturated carbocycles. The second kappa shape index (κ2) is 9.52. The molecule has 1 N–H and O–H groups in total. The highest BCUT2D eigenvalue weighted by Crippen LogP contribution is 2.35. The standard InChI is InChI=1S/C24H22N4O5S/c1-15(23(29)25-17-8-9-20-21(12-17)33-14-32-20)34-24-27-26-22(16-5-3-6-18(11-16)30-2)28(24)13-19-7-4-10-31-19/h3-12,15H,13-14H2,1-2H3,(H,25,29). The lowest BCUT2D eigenvalue weighted by Crippen LogP contribution is -2.23. The second-order valence-corrected chi connectivity index (χ2v) is 8.83. The molecule has 2 aromatic heterocycles. The molecule has 3 heterocycles. The molecule has 1 atom stereocenters. The summed E-state index contributed by atoms with van der Waals surface area (Å²) in [5.41, 5.74) is 1.48. The summed E-state index contributed by atoms with van der Waals surface area (Å²) in [5, 5.41) is 11.9. The fraction of sp³-hybridized carbons (Fsp3) is 0.208. The highest BCUT2D eigenvalue weighted by atomic mass is 32.2. The highest BCUT2D eigenvalue weighted by molar-refractivity contribution is 8.00. The highest BCUT2D eigenvalue weighted by Gasteiger charge is 2.23. The summed E-state index contributed by atoms with van der Waals surface area (Å²) >= 11 is 1.32. The van der Waals surface area contributed by atoms with Crippen molar-refractivity contribution < 1.29 is 23.4 Å². The van der Waals surface area contributed by atoms with E-state index in [1.165, 1.54) is 11.8 Å². The van der Waals surface area contributed by atoms with Crippen molar-refractivity contribution in [2.75, 3.05) is 19.2 Å². The summed E-state index contributed by atoms with van der Waals surface area (Å²) in [6.45, 7) is 2.43. The third-order valence-corrected chi connectivity index (χ3v) is 6.31. The molecule has 2 aromatic carbocycles. The van der Waals surface area contributed by atoms with Crippen LogP contribution in [0.25, 0.3) is 11.4 Å². The molecule has 1 aliphatic heterocycles. The lowest BCUT2D eigenvalue weighted by atomic mass is 10.2. The molecule has 0 fully saturated rings. The summed E-state index contributed by atoms with van der Waals surface area (Å²) in [6.07, 6.45) is 1.62. The number of benzene rings is 2. The van der Waals surface area contributed by atoms with Gasteiger partial charge in [-0.15, -0.1) is 10.2 Å². The van der Waals surface area contributed by atoms with Gasteiger partial charge >= 0.3 is 0 Å². The zero-order valence-electron chi connectivity index (χ0n) is 18.6. The van der Waals surface area contributed by atoms with Gasteiger partial charge in [0.05, 0.1) is 25.2 Å². The first-order valence-corrected chi connectivity index (χ1v) is 11.5. The molecule has 34 heavy (non-hydrogen) atoms. The maximum Gasteiger partial charge on any atom is 0.237 e. The first kappa shape index (κ1) is 21.9. The number of aromatic nitrogens is 3. The number of thioether (sulfide) groups is 1. The minimum Gasteiger partial charge on any atom is -0.497 e. The van der Waals surface area contributed by atoms with Crippen molar-refractivity contribution in [2.24, 2.45) is 0 Å². The number of nitrogens with one attached hydrogen (secondary N) is 1. The Morgan fingerprint density at radius 3 is 2.85 bits per heavy atom. The summed E-state index contributed by atoms with van der Waals surface area (Å²) < 4.78 is 23.6. The minimum atomic E-state index is -0.442. The van der Waals surface area contributed by atoms with E-state index in [0.717, 1.165) is 17.1 Å². The Labute approximate surface area is 200 Å². The number of rotatable bonds is 8. The quantitative estimate of drug-likeness (QED) is 0.371. The predicted octanol–water partition coefficient (Wildman–Crippen LogP) is 4.44. The van der Waals surface area contributed by atoms with Crippen LogP contribution in [0, 0.1) is 0 Å². The number of ether oxygens (including phenoxy) is 3. The van der Waals surface area contributed by atoms with Gasteiger partial charge in [-0.1, -0.05) is 23.9 Å². The molecule has 0 saturated heterocycles. The Morgan fingerprint density at radius 1 is 1.15 bits per heavy atom. The van der Waals surface area contributed by atoms with Crippen LogP contribution in [-0.4, -0.2) is 39.8 Å². The van der Waals surface area contributed by atoms with Crippen LogP contribution >= 0.6 is 11.8 Å². The fourth-order valence-electron chi connectivity index (χ4n) is 3.48. The molecule has 0 bridgehead atoms. The summed E-state index contributed by atoms with van der Waals surface area (Å²) in [4.78, 5) is 12.9. The van der Waals surface area contributed by atoms with Crippen molar-refractivity contribution in [3.63, 3.8) is 0 Å². The van der Waals surface area contributed by atoms with Gasteiger partial charge in [-0.05, 0) is 43.3 Å². The van der Waals surface area contributed by atoms with Gasteiger partial charge in [0.1, 0.15) is 11.5 Å². The van der Waals surface area contributed by atoms with Crippen molar-refractivity contribution in [3.05, 3.63) is 66.6 Å². The van der Waals surface area contributed by atoms with E-state index >= 15 is 0 Å². The molecule has 1 amide bonds. The van der Waals surface area contributed by atoms with Crippen LogP contribution in [0.1, 0.15) is 12.7 Å². The third-order valence-electron chi connectivity index (χ3n) is 5.23. The number of carbonyl (C=O) groups is 1. The van der Waals surface area contributed by atoms with Crippen LogP contribution in [0.4, 0.5) is 5.69 Å². The number of anilines is 1. The van der Waals surface area contributed by atoms with Gasteiger partial charge < -0.3 is 23.9 Å². The molecule has 174 valence electrons. The molecule has 1 aliphatic rings. The van der Waals surface area contributed by atoms with Crippen LogP contribution in [0.3, 0.4) is 0 Å². The molecular formula is C24H22N4O5S. The van der Waals surface area contributed by atoms with Crippen LogP contribution in [-0.2, 0) is 11.3 Å². The SMILES string of the molecule is COc1cccc(-c2nnc(SC(C)C(=O)Nc3ccc4c(c3)OCO4)n2Cc2ccco2)c1. The maximum atomic E-state index is 12.9. The van der Waals surface area contributed by atoms with Gasteiger partial charge in [0.25, 0.3) is 0 Å². The van der Waals surface area contributed by atoms with E-state index in [1.807, 2.05) is 47.9 Å². The first-order chi connectivity index (χ1) is 16.6. The predicted molar refractivity (Wildman–Crippen MR) is 126 cm³/mol. The third kappa shape index (κ3) is 4.58. The zero-order valence-corrected chi connectivity index (χ0v) is 19.4. The molecule has 10 heteroatoms. The van der Waals surface area contributed by atoms with E-state index in [4.69, 9.17) is 18.6 Å². The van der Waals surface area contributed by atoms with Gasteiger partial charge in [0.15, 0.2) is 22.5 Å². The molecule has 1 unspecified atom stereocenters. The van der Waals surface area contributed by atoms with Crippen LogP contribution in [0.15, 0.2) is 70.4 Å². The van der Waals surface area contributed by atoms with E-state index in [0.29, 0.717) is 34.7 Å². The van der Waals surface area contributed by atoms with Crippen molar-refractivity contribution in [1.29, 1.82) is 0 Å². The normalized spacial score (nSPS) is 13.0. The van der Waals surface area contributed by atoms with Crippen LogP contribution in [0.2, 0.25) is 0 Å². The topological polar surface area (TPSA) is 101 Å². The van der Waals surface area contributed by atoms with Gasteiger partial charge in [0.2, 0.25) is 12.7 Å². The molecule has 0 aliphatic carbocycles. The smallest absolute Gasteiger partial charge is 0.237 e. The zero-order chi connectivity index (χ0) is 23.5. The average molecular weight is 479 g/mol. The van der Waals surface area contributed by atoms with E-state index < -0.39 is 5.25 Å². The number of furan rings is 1. The summed E-state index contributed by atoms with van der Waals surface area (Å²) in [6, 6.07) is 16.6. The first-order valence-electron chi connectivity index (χ1n) is 10.6. The number of hydrogen-bond acceptors (Lipinski definition) is 8. The Bertz CT molecular complexity index is 1300. The Hall–Kier alpha value is -3.92. The number of hydrogen-bond donors (Lipinski definition) is 1. The van der Waals surface area contributed by atoms with E-state index in [9.17, 15) is 4.79 Å². The lowest BCUT2D eigenvalue weighted by molar-refractivity contribution is -0.115. The van der Waals surface area contributed by atoms with Crippen molar-refractivity contribution >= 4 is 23.4 Å². The fourth-order valence-corrected chi connectivity index (χ4v) is 4.33. The number of fused-ring (bicyclic) bond motifs is 1. The number of carbonyl (C=O) groups excluding carboxylic acids is 1.